The summed E-state index contributed by atoms with van der Waals surface area (Å²) in [6, 6.07) is 0. The summed E-state index contributed by atoms with van der Waals surface area (Å²) in [6.07, 6.45) is 1.77. The largest absolute Gasteiger partial charge is 0.339 e. The molecule has 3 rings (SSSR count). The van der Waals surface area contributed by atoms with E-state index in [1.54, 1.807) is 4.90 Å². The van der Waals surface area contributed by atoms with E-state index in [0.717, 1.165) is 23.5 Å². The van der Waals surface area contributed by atoms with Crippen molar-refractivity contribution in [2.45, 2.75) is 47.2 Å². The first-order chi connectivity index (χ1) is 13.3. The van der Waals surface area contributed by atoms with Crippen LogP contribution in [0.2, 0.25) is 0 Å². The summed E-state index contributed by atoms with van der Waals surface area (Å²) >= 11 is 0. The molecule has 152 valence electrons. The highest BCUT2D eigenvalue weighted by Gasteiger charge is 2.26. The third kappa shape index (κ3) is 4.55. The zero-order valence-corrected chi connectivity index (χ0v) is 17.0. The highest BCUT2D eigenvalue weighted by molar-refractivity contribution is 5.80. The van der Waals surface area contributed by atoms with Gasteiger partial charge in [0.05, 0.1) is 12.1 Å². The van der Waals surface area contributed by atoms with Crippen LogP contribution in [0, 0.1) is 19.8 Å². The van der Waals surface area contributed by atoms with Gasteiger partial charge in [0.25, 0.3) is 0 Å². The van der Waals surface area contributed by atoms with Crippen molar-refractivity contribution < 1.29 is 9.59 Å². The molecule has 0 radical (unpaired) electrons. The zero-order valence-electron chi connectivity index (χ0n) is 17.0. The summed E-state index contributed by atoms with van der Waals surface area (Å²) < 4.78 is 3.40. The molecule has 1 aliphatic rings. The van der Waals surface area contributed by atoms with Crippen LogP contribution < -0.4 is 0 Å². The standard InChI is InChI=1S/C18H28N8O2/c1-13(2)10-26-15(4)16(14(3)20-26)9-17(27)23-5-7-24(8-6-23)18(28)11-25-12-19-21-22-25/h12-13H,5-11H2,1-4H3. The molecular weight excluding hydrogens is 360 g/mol. The molecule has 0 spiro atoms. The second-order valence-corrected chi connectivity index (χ2v) is 7.67. The number of nitrogens with zero attached hydrogens (tertiary/aromatic N) is 8. The SMILES string of the molecule is Cc1nn(CC(C)C)c(C)c1CC(=O)N1CCN(C(=O)Cn2cnnn2)CC1. The van der Waals surface area contributed by atoms with Gasteiger partial charge in [0.2, 0.25) is 11.8 Å². The molecular formula is C18H28N8O2. The monoisotopic (exact) mass is 388 g/mol. The Bertz CT molecular complexity index is 819. The number of amides is 2. The molecule has 0 aromatic carbocycles. The minimum atomic E-state index is -0.0407. The number of tetrazole rings is 1. The summed E-state index contributed by atoms with van der Waals surface area (Å²) in [7, 11) is 0. The molecule has 2 amide bonds. The fourth-order valence-electron chi connectivity index (χ4n) is 3.47. The van der Waals surface area contributed by atoms with E-state index in [2.05, 4.69) is 34.5 Å². The molecule has 1 fully saturated rings. The number of hydrogen-bond acceptors (Lipinski definition) is 6. The maximum absolute atomic E-state index is 12.8. The van der Waals surface area contributed by atoms with E-state index in [0.29, 0.717) is 38.5 Å². The van der Waals surface area contributed by atoms with Crippen LogP contribution in [-0.4, -0.2) is 77.8 Å². The number of aromatic nitrogens is 6. The fraction of sp³-hybridized carbons (Fsp3) is 0.667. The molecule has 10 nitrogen and oxygen atoms in total. The number of carbonyl (C=O) groups excluding carboxylic acids is 2. The van der Waals surface area contributed by atoms with Crippen molar-refractivity contribution in [3.63, 3.8) is 0 Å². The Kier molecular flexibility index (Phi) is 6.05. The molecule has 28 heavy (non-hydrogen) atoms. The third-order valence-electron chi connectivity index (χ3n) is 5.07. The van der Waals surface area contributed by atoms with Crippen molar-refractivity contribution in [1.29, 1.82) is 0 Å². The van der Waals surface area contributed by atoms with Gasteiger partial charge in [0.15, 0.2) is 0 Å². The molecule has 0 N–H and O–H groups in total. The highest BCUT2D eigenvalue weighted by atomic mass is 16.2. The average molecular weight is 388 g/mol. The van der Waals surface area contributed by atoms with Gasteiger partial charge in [-0.2, -0.15) is 5.10 Å². The van der Waals surface area contributed by atoms with Crippen molar-refractivity contribution in [3.05, 3.63) is 23.3 Å². The topological polar surface area (TPSA) is 102 Å². The van der Waals surface area contributed by atoms with Crippen LogP contribution in [0.4, 0.5) is 0 Å². The summed E-state index contributed by atoms with van der Waals surface area (Å²) in [5.74, 6) is 0.546. The fourth-order valence-corrected chi connectivity index (χ4v) is 3.47. The van der Waals surface area contributed by atoms with Gasteiger partial charge in [0.1, 0.15) is 12.9 Å². The van der Waals surface area contributed by atoms with Crippen molar-refractivity contribution in [1.82, 2.24) is 39.8 Å². The van der Waals surface area contributed by atoms with E-state index >= 15 is 0 Å². The molecule has 0 bridgehead atoms. The second kappa shape index (κ2) is 8.49. The predicted molar refractivity (Wildman–Crippen MR) is 101 cm³/mol. The van der Waals surface area contributed by atoms with Gasteiger partial charge < -0.3 is 9.80 Å². The van der Waals surface area contributed by atoms with Crippen LogP contribution >= 0.6 is 0 Å². The van der Waals surface area contributed by atoms with Crippen LogP contribution in [0.1, 0.15) is 30.8 Å². The average Bonchev–Trinajstić information content (AvgIpc) is 3.25. The number of aryl methyl sites for hydroxylation is 1. The lowest BCUT2D eigenvalue weighted by Gasteiger charge is -2.34. The van der Waals surface area contributed by atoms with E-state index in [1.807, 2.05) is 23.4 Å². The van der Waals surface area contributed by atoms with Gasteiger partial charge in [-0.15, -0.1) is 5.10 Å². The Hall–Kier alpha value is -2.78. The first-order valence-corrected chi connectivity index (χ1v) is 9.64. The Balaban J connectivity index is 1.54. The summed E-state index contributed by atoms with van der Waals surface area (Å²) in [4.78, 5) is 28.7. The van der Waals surface area contributed by atoms with Gasteiger partial charge in [-0.25, -0.2) is 4.68 Å². The third-order valence-corrected chi connectivity index (χ3v) is 5.07. The van der Waals surface area contributed by atoms with Crippen LogP contribution in [0.25, 0.3) is 0 Å². The minimum Gasteiger partial charge on any atom is -0.339 e. The molecule has 1 saturated heterocycles. The lowest BCUT2D eigenvalue weighted by Crippen LogP contribution is -2.51. The molecule has 0 unspecified atom stereocenters. The second-order valence-electron chi connectivity index (χ2n) is 7.67. The lowest BCUT2D eigenvalue weighted by atomic mass is 10.1. The van der Waals surface area contributed by atoms with E-state index in [9.17, 15) is 9.59 Å². The van der Waals surface area contributed by atoms with Gasteiger partial charge in [-0.1, -0.05) is 13.8 Å². The normalized spacial score (nSPS) is 14.8. The molecule has 2 aromatic heterocycles. The zero-order chi connectivity index (χ0) is 20.3. The minimum absolute atomic E-state index is 0.0407. The Labute approximate surface area is 164 Å². The van der Waals surface area contributed by atoms with Gasteiger partial charge in [0, 0.05) is 44.0 Å². The Morgan fingerprint density at radius 1 is 1.07 bits per heavy atom. The van der Waals surface area contributed by atoms with Crippen molar-refractivity contribution >= 4 is 11.8 Å². The summed E-state index contributed by atoms with van der Waals surface area (Å²) in [6.45, 7) is 11.4. The van der Waals surface area contributed by atoms with Crippen molar-refractivity contribution in [2.24, 2.45) is 5.92 Å². The molecule has 10 heteroatoms. The summed E-state index contributed by atoms with van der Waals surface area (Å²) in [5, 5.41) is 15.4. The lowest BCUT2D eigenvalue weighted by molar-refractivity contribution is -0.139. The molecule has 2 aromatic rings. The van der Waals surface area contributed by atoms with Gasteiger partial charge >= 0.3 is 0 Å². The Morgan fingerprint density at radius 3 is 2.29 bits per heavy atom. The van der Waals surface area contributed by atoms with E-state index < -0.39 is 0 Å². The first kappa shape index (κ1) is 20.0. The number of carbonyl (C=O) groups is 2. The maximum atomic E-state index is 12.8. The predicted octanol–water partition coefficient (Wildman–Crippen LogP) is 0.0559. The first-order valence-electron chi connectivity index (χ1n) is 9.64. The van der Waals surface area contributed by atoms with Crippen LogP contribution in [0.5, 0.6) is 0 Å². The van der Waals surface area contributed by atoms with Crippen molar-refractivity contribution in [2.75, 3.05) is 26.2 Å². The van der Waals surface area contributed by atoms with E-state index in [1.165, 1.54) is 11.0 Å². The smallest absolute Gasteiger partial charge is 0.244 e. The van der Waals surface area contributed by atoms with Gasteiger partial charge in [-0.3, -0.25) is 14.3 Å². The quantitative estimate of drug-likeness (QED) is 0.693. The molecule has 1 aliphatic heterocycles. The van der Waals surface area contributed by atoms with Crippen molar-refractivity contribution in [3.8, 4) is 0 Å². The van der Waals surface area contributed by atoms with Crippen LogP contribution in [-0.2, 0) is 29.1 Å². The van der Waals surface area contributed by atoms with Crippen LogP contribution in [0.15, 0.2) is 6.33 Å². The van der Waals surface area contributed by atoms with E-state index in [4.69, 9.17) is 0 Å². The number of hydrogen-bond donors (Lipinski definition) is 0. The molecule has 0 saturated carbocycles. The molecule has 3 heterocycles. The Morgan fingerprint density at radius 2 is 1.71 bits per heavy atom. The number of rotatable bonds is 6. The number of piperazine rings is 1. The maximum Gasteiger partial charge on any atom is 0.244 e. The molecule has 0 atom stereocenters. The van der Waals surface area contributed by atoms with Crippen LogP contribution in [0.3, 0.4) is 0 Å². The highest BCUT2D eigenvalue weighted by Crippen LogP contribution is 2.17. The summed E-state index contributed by atoms with van der Waals surface area (Å²) in [5.41, 5.74) is 3.00. The molecule has 0 aliphatic carbocycles. The van der Waals surface area contributed by atoms with E-state index in [-0.39, 0.29) is 18.4 Å². The van der Waals surface area contributed by atoms with Gasteiger partial charge in [-0.05, 0) is 30.2 Å².